The SMILES string of the molecule is CN=C(NCC1CCS(=O)(=O)C1)NCC1CCCOC1c1ccc(C)cc1.I. The molecule has 0 saturated carbocycles. The van der Waals surface area contributed by atoms with E-state index in [0.29, 0.717) is 18.2 Å². The van der Waals surface area contributed by atoms with Crippen LogP contribution in [-0.4, -0.2) is 52.6 Å². The zero-order valence-corrected chi connectivity index (χ0v) is 19.8. The number of sulfone groups is 1. The number of guanidine groups is 1. The Morgan fingerprint density at radius 2 is 1.89 bits per heavy atom. The first kappa shape index (κ1) is 23.4. The zero-order valence-electron chi connectivity index (χ0n) is 16.7. The highest BCUT2D eigenvalue weighted by Crippen LogP contribution is 2.33. The van der Waals surface area contributed by atoms with Gasteiger partial charge in [-0.2, -0.15) is 0 Å². The minimum Gasteiger partial charge on any atom is -0.373 e. The van der Waals surface area contributed by atoms with Crippen LogP contribution >= 0.6 is 24.0 Å². The molecule has 2 aliphatic rings. The Kier molecular flexibility index (Phi) is 9.01. The topological polar surface area (TPSA) is 79.8 Å². The van der Waals surface area contributed by atoms with Crippen LogP contribution in [0.25, 0.3) is 0 Å². The Balaban J connectivity index is 0.00000280. The van der Waals surface area contributed by atoms with E-state index in [2.05, 4.69) is 46.8 Å². The lowest BCUT2D eigenvalue weighted by Crippen LogP contribution is -2.43. The van der Waals surface area contributed by atoms with Crippen molar-refractivity contribution in [2.24, 2.45) is 16.8 Å². The molecule has 8 heteroatoms. The zero-order chi connectivity index (χ0) is 19.3. The van der Waals surface area contributed by atoms with Gasteiger partial charge in [0.25, 0.3) is 0 Å². The summed E-state index contributed by atoms with van der Waals surface area (Å²) in [6.07, 6.45) is 3.02. The highest BCUT2D eigenvalue weighted by Gasteiger charge is 2.29. The minimum atomic E-state index is -2.84. The van der Waals surface area contributed by atoms with Gasteiger partial charge in [0.15, 0.2) is 15.8 Å². The molecule has 158 valence electrons. The molecule has 0 aliphatic carbocycles. The Labute approximate surface area is 185 Å². The van der Waals surface area contributed by atoms with E-state index in [1.54, 1.807) is 7.05 Å². The van der Waals surface area contributed by atoms with E-state index in [9.17, 15) is 8.42 Å². The summed E-state index contributed by atoms with van der Waals surface area (Å²) in [4.78, 5) is 4.28. The molecule has 0 amide bonds. The van der Waals surface area contributed by atoms with Crippen LogP contribution in [0.4, 0.5) is 0 Å². The molecule has 3 atom stereocenters. The van der Waals surface area contributed by atoms with Crippen LogP contribution in [0, 0.1) is 18.8 Å². The van der Waals surface area contributed by atoms with Crippen molar-refractivity contribution < 1.29 is 13.2 Å². The lowest BCUT2D eigenvalue weighted by molar-refractivity contribution is -0.0265. The predicted octanol–water partition coefficient (Wildman–Crippen LogP) is 2.68. The first-order valence-electron chi connectivity index (χ1n) is 9.80. The van der Waals surface area contributed by atoms with Crippen molar-refractivity contribution in [1.82, 2.24) is 10.6 Å². The fourth-order valence-electron chi connectivity index (χ4n) is 3.90. The van der Waals surface area contributed by atoms with Crippen LogP contribution in [0.1, 0.15) is 36.5 Å². The van der Waals surface area contributed by atoms with Crippen LogP contribution in [0.15, 0.2) is 29.3 Å². The average Bonchev–Trinajstić information content (AvgIpc) is 3.02. The van der Waals surface area contributed by atoms with E-state index in [-0.39, 0.29) is 41.8 Å². The predicted molar refractivity (Wildman–Crippen MR) is 124 cm³/mol. The number of benzene rings is 1. The number of nitrogens with zero attached hydrogens (tertiary/aromatic N) is 1. The lowest BCUT2D eigenvalue weighted by Gasteiger charge is -2.32. The van der Waals surface area contributed by atoms with Gasteiger partial charge in [0.2, 0.25) is 0 Å². The third-order valence-electron chi connectivity index (χ3n) is 5.49. The fraction of sp³-hybridized carbons (Fsp3) is 0.650. The molecule has 0 bridgehead atoms. The van der Waals surface area contributed by atoms with E-state index in [0.717, 1.165) is 38.4 Å². The summed E-state index contributed by atoms with van der Waals surface area (Å²) in [5, 5.41) is 6.69. The Bertz CT molecular complexity index is 752. The van der Waals surface area contributed by atoms with Gasteiger partial charge in [-0.1, -0.05) is 29.8 Å². The molecule has 3 unspecified atom stereocenters. The Morgan fingerprint density at radius 3 is 2.54 bits per heavy atom. The van der Waals surface area contributed by atoms with Crippen molar-refractivity contribution >= 4 is 39.8 Å². The van der Waals surface area contributed by atoms with Crippen molar-refractivity contribution in [2.45, 2.75) is 32.3 Å². The second kappa shape index (κ2) is 10.8. The summed E-state index contributed by atoms with van der Waals surface area (Å²) in [5.41, 5.74) is 2.48. The van der Waals surface area contributed by atoms with Crippen LogP contribution in [0.3, 0.4) is 0 Å². The van der Waals surface area contributed by atoms with Gasteiger partial charge >= 0.3 is 0 Å². The van der Waals surface area contributed by atoms with Gasteiger partial charge in [0.05, 0.1) is 17.6 Å². The largest absolute Gasteiger partial charge is 0.373 e. The van der Waals surface area contributed by atoms with Crippen molar-refractivity contribution in [1.29, 1.82) is 0 Å². The fourth-order valence-corrected chi connectivity index (χ4v) is 5.76. The maximum absolute atomic E-state index is 11.6. The third-order valence-corrected chi connectivity index (χ3v) is 7.33. The van der Waals surface area contributed by atoms with Gasteiger partial charge in [-0.15, -0.1) is 24.0 Å². The molecule has 28 heavy (non-hydrogen) atoms. The van der Waals surface area contributed by atoms with Gasteiger partial charge in [-0.25, -0.2) is 8.42 Å². The normalized spacial score (nSPS) is 27.1. The van der Waals surface area contributed by atoms with Crippen molar-refractivity contribution in [2.75, 3.05) is 38.2 Å². The summed E-state index contributed by atoms with van der Waals surface area (Å²) >= 11 is 0. The van der Waals surface area contributed by atoms with Crippen LogP contribution in [0.2, 0.25) is 0 Å². The molecule has 6 nitrogen and oxygen atoms in total. The molecule has 2 N–H and O–H groups in total. The van der Waals surface area contributed by atoms with Gasteiger partial charge in [0, 0.05) is 32.7 Å². The Morgan fingerprint density at radius 1 is 1.18 bits per heavy atom. The lowest BCUT2D eigenvalue weighted by atomic mass is 9.89. The number of ether oxygens (including phenoxy) is 1. The number of hydrogen-bond acceptors (Lipinski definition) is 4. The second-order valence-electron chi connectivity index (χ2n) is 7.71. The van der Waals surface area contributed by atoms with Crippen LogP contribution in [-0.2, 0) is 14.6 Å². The minimum absolute atomic E-state index is 0. The molecule has 1 aromatic rings. The van der Waals surface area contributed by atoms with Crippen molar-refractivity contribution in [3.05, 3.63) is 35.4 Å². The molecule has 2 saturated heterocycles. The maximum atomic E-state index is 11.6. The molecule has 0 aromatic heterocycles. The summed E-state index contributed by atoms with van der Waals surface area (Å²) in [5.74, 6) is 1.87. The molecule has 2 fully saturated rings. The molecule has 2 aliphatic heterocycles. The van der Waals surface area contributed by atoms with Crippen molar-refractivity contribution in [3.63, 3.8) is 0 Å². The second-order valence-corrected chi connectivity index (χ2v) is 9.94. The number of hydrogen-bond donors (Lipinski definition) is 2. The summed E-state index contributed by atoms with van der Waals surface area (Å²) in [7, 11) is -1.09. The smallest absolute Gasteiger partial charge is 0.190 e. The van der Waals surface area contributed by atoms with Crippen LogP contribution < -0.4 is 10.6 Å². The van der Waals surface area contributed by atoms with Gasteiger partial charge in [0.1, 0.15) is 0 Å². The molecule has 1 aromatic carbocycles. The number of rotatable bonds is 5. The van der Waals surface area contributed by atoms with Gasteiger partial charge in [-0.3, -0.25) is 4.99 Å². The number of nitrogens with one attached hydrogen (secondary N) is 2. The Hall–Kier alpha value is -0.870. The number of halogens is 1. The molecular formula is C20H32IN3O3S. The average molecular weight is 521 g/mol. The highest BCUT2D eigenvalue weighted by molar-refractivity contribution is 14.0. The maximum Gasteiger partial charge on any atom is 0.190 e. The highest BCUT2D eigenvalue weighted by atomic mass is 127. The quantitative estimate of drug-likeness (QED) is 0.354. The summed E-state index contributed by atoms with van der Waals surface area (Å²) < 4.78 is 29.3. The first-order valence-corrected chi connectivity index (χ1v) is 11.6. The van der Waals surface area contributed by atoms with Crippen molar-refractivity contribution in [3.8, 4) is 0 Å². The van der Waals surface area contributed by atoms with Gasteiger partial charge < -0.3 is 15.4 Å². The number of aliphatic imine (C=N–C) groups is 1. The monoisotopic (exact) mass is 521 g/mol. The standard InChI is InChI=1S/C20H31N3O3S.HI/c1-15-5-7-17(8-6-15)19-18(4-3-10-26-19)13-23-20(21-2)22-12-16-9-11-27(24,25)14-16;/h5-8,16,18-19H,3-4,9-14H2,1-2H3,(H2,21,22,23);1H. The number of aryl methyl sites for hydroxylation is 1. The third kappa shape index (κ3) is 6.59. The van der Waals surface area contributed by atoms with Gasteiger partial charge in [-0.05, 0) is 37.7 Å². The van der Waals surface area contributed by atoms with E-state index in [1.807, 2.05) is 0 Å². The molecular weight excluding hydrogens is 489 g/mol. The van der Waals surface area contributed by atoms with Crippen LogP contribution in [0.5, 0.6) is 0 Å². The molecule has 0 spiro atoms. The molecule has 3 rings (SSSR count). The summed E-state index contributed by atoms with van der Waals surface area (Å²) in [6.45, 7) is 4.32. The van der Waals surface area contributed by atoms with E-state index >= 15 is 0 Å². The van der Waals surface area contributed by atoms with E-state index in [1.165, 1.54) is 11.1 Å². The van der Waals surface area contributed by atoms with E-state index in [4.69, 9.17) is 4.74 Å². The summed E-state index contributed by atoms with van der Waals surface area (Å²) in [6, 6.07) is 8.58. The molecule has 0 radical (unpaired) electrons. The van der Waals surface area contributed by atoms with E-state index < -0.39 is 9.84 Å². The molecule has 2 heterocycles. The first-order chi connectivity index (χ1) is 13.0.